The molecule has 3 saturated carbocycles. The zero-order valence-electron chi connectivity index (χ0n) is 6.69. The van der Waals surface area contributed by atoms with Gasteiger partial charge in [0.25, 0.3) is 0 Å². The summed E-state index contributed by atoms with van der Waals surface area (Å²) in [5, 5.41) is 8.65. The highest BCUT2D eigenvalue weighted by atomic mass is 16.5. The van der Waals surface area contributed by atoms with Gasteiger partial charge in [0.05, 0.1) is 18.9 Å². The highest BCUT2D eigenvalue weighted by Crippen LogP contribution is 2.63. The fourth-order valence-electron chi connectivity index (χ4n) is 2.30. The summed E-state index contributed by atoms with van der Waals surface area (Å²) >= 11 is 0. The molecule has 0 aromatic heterocycles. The Morgan fingerprint density at radius 1 is 1.33 bits per heavy atom. The minimum atomic E-state index is -0.767. The van der Waals surface area contributed by atoms with Crippen LogP contribution in [0.25, 0.3) is 0 Å². The van der Waals surface area contributed by atoms with Crippen molar-refractivity contribution in [1.29, 1.82) is 0 Å². The number of carbonyl (C=O) groups excluding carboxylic acids is 1. The molecule has 0 aromatic carbocycles. The second kappa shape index (κ2) is 2.21. The molecule has 4 nitrogen and oxygen atoms in total. The molecule has 0 amide bonds. The van der Waals surface area contributed by atoms with E-state index < -0.39 is 5.97 Å². The van der Waals surface area contributed by atoms with E-state index in [2.05, 4.69) is 4.74 Å². The van der Waals surface area contributed by atoms with Crippen molar-refractivity contribution >= 4 is 11.9 Å². The Morgan fingerprint density at radius 3 is 2.25 bits per heavy atom. The first-order valence-electron chi connectivity index (χ1n) is 3.97. The minimum Gasteiger partial charge on any atom is -0.481 e. The standard InChI is InChI=1S/C8H10O4/c1-12-8(11)6-3-2-4(6)5(3)7(9)10/h3-6H,2H2,1H3,(H,9,10). The first-order valence-corrected chi connectivity index (χ1v) is 3.97. The van der Waals surface area contributed by atoms with Gasteiger partial charge < -0.3 is 9.84 Å². The SMILES string of the molecule is COC(=O)C1C2CC1C2C(=O)O. The van der Waals surface area contributed by atoms with Crippen LogP contribution in [0.1, 0.15) is 6.42 Å². The van der Waals surface area contributed by atoms with Gasteiger partial charge in [-0.2, -0.15) is 0 Å². The molecule has 0 saturated heterocycles. The zero-order valence-corrected chi connectivity index (χ0v) is 6.69. The Kier molecular flexibility index (Phi) is 1.40. The van der Waals surface area contributed by atoms with Crippen molar-refractivity contribution in [2.45, 2.75) is 6.42 Å². The first kappa shape index (κ1) is 7.58. The largest absolute Gasteiger partial charge is 0.481 e. The van der Waals surface area contributed by atoms with Gasteiger partial charge in [-0.1, -0.05) is 0 Å². The summed E-state index contributed by atoms with van der Waals surface area (Å²) in [4.78, 5) is 21.5. The van der Waals surface area contributed by atoms with E-state index in [9.17, 15) is 9.59 Å². The van der Waals surface area contributed by atoms with Gasteiger partial charge in [0, 0.05) is 0 Å². The van der Waals surface area contributed by atoms with Crippen LogP contribution in [0, 0.1) is 23.7 Å². The fourth-order valence-corrected chi connectivity index (χ4v) is 2.30. The van der Waals surface area contributed by atoms with Crippen LogP contribution in [0.15, 0.2) is 0 Å². The Hall–Kier alpha value is -1.06. The maximum Gasteiger partial charge on any atom is 0.309 e. The third-order valence-electron chi connectivity index (χ3n) is 3.15. The molecule has 0 spiro atoms. The van der Waals surface area contributed by atoms with Gasteiger partial charge in [-0.15, -0.1) is 0 Å². The van der Waals surface area contributed by atoms with Crippen molar-refractivity contribution in [3.8, 4) is 0 Å². The number of aliphatic carboxylic acids is 1. The Bertz CT molecular complexity index is 237. The summed E-state index contributed by atoms with van der Waals surface area (Å²) in [6.07, 6.45) is 0.886. The Morgan fingerprint density at radius 2 is 1.92 bits per heavy atom. The lowest BCUT2D eigenvalue weighted by Crippen LogP contribution is -2.65. The van der Waals surface area contributed by atoms with Crippen molar-refractivity contribution in [2.24, 2.45) is 23.7 Å². The summed E-state index contributed by atoms with van der Waals surface area (Å²) in [6, 6.07) is 0. The molecule has 66 valence electrons. The molecule has 0 radical (unpaired) electrons. The fraction of sp³-hybridized carbons (Fsp3) is 0.750. The molecule has 2 unspecified atom stereocenters. The van der Waals surface area contributed by atoms with Crippen LogP contribution in [-0.4, -0.2) is 24.2 Å². The van der Waals surface area contributed by atoms with Crippen LogP contribution < -0.4 is 0 Å². The zero-order chi connectivity index (χ0) is 8.88. The van der Waals surface area contributed by atoms with E-state index in [1.54, 1.807) is 0 Å². The molecule has 4 heteroatoms. The summed E-state index contributed by atoms with van der Waals surface area (Å²) in [7, 11) is 1.34. The monoisotopic (exact) mass is 170 g/mol. The van der Waals surface area contributed by atoms with Gasteiger partial charge in [-0.25, -0.2) is 0 Å². The van der Waals surface area contributed by atoms with Crippen LogP contribution in [0.3, 0.4) is 0 Å². The number of carboxylic acid groups (broad SMARTS) is 1. The lowest BCUT2D eigenvalue weighted by Gasteiger charge is -2.60. The van der Waals surface area contributed by atoms with Gasteiger partial charge in [-0.3, -0.25) is 9.59 Å². The van der Waals surface area contributed by atoms with Gasteiger partial charge in [0.1, 0.15) is 0 Å². The molecule has 3 aliphatic carbocycles. The van der Waals surface area contributed by atoms with E-state index in [-0.39, 0.29) is 29.6 Å². The number of rotatable bonds is 2. The number of carboxylic acids is 1. The molecular weight excluding hydrogens is 160 g/mol. The third kappa shape index (κ3) is 0.673. The molecule has 0 heterocycles. The highest BCUT2D eigenvalue weighted by Gasteiger charge is 2.67. The second-order valence-corrected chi connectivity index (χ2v) is 3.48. The molecule has 12 heavy (non-hydrogen) atoms. The molecule has 2 atom stereocenters. The number of esters is 1. The van der Waals surface area contributed by atoms with Crippen molar-refractivity contribution in [2.75, 3.05) is 7.11 Å². The maximum atomic E-state index is 11.0. The molecule has 3 aliphatic rings. The number of ether oxygens (including phenoxy) is 1. The number of hydrogen-bond donors (Lipinski definition) is 1. The molecule has 3 rings (SSSR count). The van der Waals surface area contributed by atoms with Crippen LogP contribution in [-0.2, 0) is 14.3 Å². The van der Waals surface area contributed by atoms with Gasteiger partial charge in [-0.05, 0) is 18.3 Å². The smallest absolute Gasteiger partial charge is 0.309 e. The normalized spacial score (nSPS) is 42.4. The quantitative estimate of drug-likeness (QED) is 0.598. The van der Waals surface area contributed by atoms with E-state index in [4.69, 9.17) is 5.11 Å². The van der Waals surface area contributed by atoms with E-state index in [1.807, 2.05) is 0 Å². The third-order valence-corrected chi connectivity index (χ3v) is 3.15. The topological polar surface area (TPSA) is 63.6 Å². The predicted octanol–water partition coefficient (Wildman–Crippen LogP) is 0.126. The number of hydrogen-bond acceptors (Lipinski definition) is 3. The maximum absolute atomic E-state index is 11.0. The molecule has 0 aliphatic heterocycles. The number of methoxy groups -OCH3 is 1. The summed E-state index contributed by atoms with van der Waals surface area (Å²) in [5.74, 6) is -1.28. The molecule has 2 bridgehead atoms. The second-order valence-electron chi connectivity index (χ2n) is 3.48. The van der Waals surface area contributed by atoms with E-state index >= 15 is 0 Å². The molecular formula is C8H10O4. The summed E-state index contributed by atoms with van der Waals surface area (Å²) < 4.78 is 4.55. The minimum absolute atomic E-state index is 0.0555. The van der Waals surface area contributed by atoms with Crippen molar-refractivity contribution in [3.05, 3.63) is 0 Å². The average Bonchev–Trinajstić information content (AvgIpc) is 1.80. The molecule has 0 aromatic rings. The first-order chi connectivity index (χ1) is 5.66. The van der Waals surface area contributed by atoms with Crippen LogP contribution in [0.4, 0.5) is 0 Å². The Labute approximate surface area is 69.5 Å². The molecule has 1 N–H and O–H groups in total. The van der Waals surface area contributed by atoms with Crippen molar-refractivity contribution < 1.29 is 19.4 Å². The lowest BCUT2D eigenvalue weighted by atomic mass is 9.41. The average molecular weight is 170 g/mol. The summed E-state index contributed by atoms with van der Waals surface area (Å²) in [5.41, 5.74) is 0. The van der Waals surface area contributed by atoms with Crippen LogP contribution >= 0.6 is 0 Å². The molecule has 3 fully saturated rings. The van der Waals surface area contributed by atoms with E-state index in [1.165, 1.54) is 7.11 Å². The predicted molar refractivity (Wildman–Crippen MR) is 38.2 cm³/mol. The van der Waals surface area contributed by atoms with E-state index in [0.29, 0.717) is 0 Å². The Balaban J connectivity index is 1.97. The van der Waals surface area contributed by atoms with Crippen molar-refractivity contribution in [3.63, 3.8) is 0 Å². The van der Waals surface area contributed by atoms with Crippen LogP contribution in [0.2, 0.25) is 0 Å². The van der Waals surface area contributed by atoms with Gasteiger partial charge in [0.15, 0.2) is 0 Å². The van der Waals surface area contributed by atoms with E-state index in [0.717, 1.165) is 6.42 Å². The highest BCUT2D eigenvalue weighted by molar-refractivity contribution is 5.82. The summed E-state index contributed by atoms with van der Waals surface area (Å²) in [6.45, 7) is 0. The van der Waals surface area contributed by atoms with Gasteiger partial charge >= 0.3 is 11.9 Å². The van der Waals surface area contributed by atoms with Crippen LogP contribution in [0.5, 0.6) is 0 Å². The lowest BCUT2D eigenvalue weighted by molar-refractivity contribution is -0.209. The van der Waals surface area contributed by atoms with Crippen molar-refractivity contribution in [1.82, 2.24) is 0 Å². The number of carbonyl (C=O) groups is 2. The van der Waals surface area contributed by atoms with Gasteiger partial charge in [0.2, 0.25) is 0 Å².